The molecule has 0 saturated carbocycles. The summed E-state index contributed by atoms with van der Waals surface area (Å²) >= 11 is 5.90. The van der Waals surface area contributed by atoms with E-state index in [-0.39, 0.29) is 37.8 Å². The van der Waals surface area contributed by atoms with E-state index in [1.54, 1.807) is 43.3 Å². The highest BCUT2D eigenvalue weighted by Gasteiger charge is 2.50. The van der Waals surface area contributed by atoms with Crippen molar-refractivity contribution in [1.82, 2.24) is 16.0 Å². The Morgan fingerprint density at radius 1 is 0.746 bits per heavy atom. The smallest absolute Gasteiger partial charge is 0.337 e. The standard InChI is InChI=1S/C51H70ClN3O8/c1-5-7-8-9-10-11-12-13-14-15-16-17-18-19-20-21-22-23-24-27-46(58)53-37-25-26-45(57)51(40-56,49(61)62-39-6-2)55-48(60)50(3,4)63-44-34-28-41(29-35-44)36-38-54-47(59)42-30-32-43(52)33-31-42/h7-8,10-11,13-14,16-17,19-20,22-23,28-35,45,56-57H,5-6,9,12,15,18,21,24-27,36-40H2,1-4H3,(H,53,58)(H,54,59)(H,55,60)/b8-7-,11-10-,14-13-,17-16-,20-19-,23-22-. The fraction of sp³-hybridized carbons (Fsp3) is 0.451. The second-order valence-corrected chi connectivity index (χ2v) is 15.9. The SMILES string of the molecule is CC/C=C\C/C=C\C/C=C\C/C=C\C/C=C\C/C=C\CCC(=O)NCCCC(O)C(CO)(NC(=O)C(C)(C)Oc1ccc(CCNC(=O)c2ccc(Cl)cc2)cc1)C(=O)OCCC. The maximum atomic E-state index is 13.7. The first-order chi connectivity index (χ1) is 30.4. The molecular weight excluding hydrogens is 818 g/mol. The second-order valence-electron chi connectivity index (χ2n) is 15.5. The molecule has 2 unspecified atom stereocenters. The molecule has 2 aromatic carbocycles. The fourth-order valence-corrected chi connectivity index (χ4v) is 6.08. The van der Waals surface area contributed by atoms with Crippen LogP contribution in [0.1, 0.15) is 114 Å². The molecule has 3 amide bonds. The number of nitrogens with one attached hydrogen (secondary N) is 3. The number of aliphatic hydroxyl groups excluding tert-OH is 2. The summed E-state index contributed by atoms with van der Waals surface area (Å²) in [5.41, 5.74) is -2.29. The van der Waals surface area contributed by atoms with Crippen molar-refractivity contribution in [2.75, 3.05) is 26.3 Å². The Labute approximate surface area is 380 Å². The maximum Gasteiger partial charge on any atom is 0.337 e. The maximum absolute atomic E-state index is 13.7. The Morgan fingerprint density at radius 3 is 1.84 bits per heavy atom. The first-order valence-corrected chi connectivity index (χ1v) is 22.5. The number of allylic oxidation sites excluding steroid dienone is 12. The minimum absolute atomic E-state index is 0.0209. The third-order valence-electron chi connectivity index (χ3n) is 9.72. The van der Waals surface area contributed by atoms with Crippen LogP contribution in [0.2, 0.25) is 5.02 Å². The molecule has 0 aliphatic rings. The lowest BCUT2D eigenvalue weighted by Crippen LogP contribution is -2.68. The van der Waals surface area contributed by atoms with Crippen LogP contribution >= 0.6 is 11.6 Å². The van der Waals surface area contributed by atoms with Crippen molar-refractivity contribution >= 4 is 35.3 Å². The van der Waals surface area contributed by atoms with Crippen LogP contribution in [0.5, 0.6) is 5.75 Å². The molecule has 344 valence electrons. The number of carbonyl (C=O) groups is 4. The molecule has 0 aromatic heterocycles. The van der Waals surface area contributed by atoms with Crippen molar-refractivity contribution in [2.24, 2.45) is 0 Å². The topological polar surface area (TPSA) is 163 Å². The number of ether oxygens (including phenoxy) is 2. The van der Waals surface area contributed by atoms with Crippen LogP contribution in [0.3, 0.4) is 0 Å². The molecule has 0 aliphatic carbocycles. The normalized spacial score (nSPS) is 13.6. The molecule has 0 spiro atoms. The average molecular weight is 889 g/mol. The average Bonchev–Trinajstić information content (AvgIpc) is 3.27. The number of esters is 1. The Kier molecular flexibility index (Phi) is 27.0. The van der Waals surface area contributed by atoms with Crippen LogP contribution in [-0.4, -0.2) is 77.5 Å². The van der Waals surface area contributed by atoms with Gasteiger partial charge in [-0.3, -0.25) is 14.4 Å². The molecule has 63 heavy (non-hydrogen) atoms. The third-order valence-corrected chi connectivity index (χ3v) is 9.97. The first-order valence-electron chi connectivity index (χ1n) is 22.2. The fourth-order valence-electron chi connectivity index (χ4n) is 5.96. The number of halogens is 1. The van der Waals surface area contributed by atoms with E-state index in [1.807, 2.05) is 24.3 Å². The molecule has 2 rings (SSSR count). The van der Waals surface area contributed by atoms with Crippen LogP contribution in [0, 0.1) is 0 Å². The molecule has 0 radical (unpaired) electrons. The van der Waals surface area contributed by atoms with E-state index < -0.39 is 35.7 Å². The van der Waals surface area contributed by atoms with Gasteiger partial charge in [-0.1, -0.05) is 110 Å². The summed E-state index contributed by atoms with van der Waals surface area (Å²) in [6.07, 6.45) is 31.8. The lowest BCUT2D eigenvalue weighted by Gasteiger charge is -2.37. The summed E-state index contributed by atoms with van der Waals surface area (Å²) in [5, 5.41) is 30.6. The lowest BCUT2D eigenvalue weighted by atomic mass is 9.88. The summed E-state index contributed by atoms with van der Waals surface area (Å²) in [6, 6.07) is 13.6. The quantitative estimate of drug-likeness (QED) is 0.0285. The van der Waals surface area contributed by atoms with Crippen molar-refractivity contribution in [3.63, 3.8) is 0 Å². The zero-order chi connectivity index (χ0) is 46.2. The van der Waals surface area contributed by atoms with Gasteiger partial charge >= 0.3 is 5.97 Å². The van der Waals surface area contributed by atoms with Gasteiger partial charge in [-0.05, 0) is 126 Å². The first kappa shape index (κ1) is 53.9. The van der Waals surface area contributed by atoms with Gasteiger partial charge in [-0.15, -0.1) is 0 Å². The molecule has 2 atom stereocenters. The second kappa shape index (κ2) is 31.6. The van der Waals surface area contributed by atoms with E-state index in [0.29, 0.717) is 48.6 Å². The number of hydrogen-bond acceptors (Lipinski definition) is 8. The number of carbonyl (C=O) groups excluding carboxylic acids is 4. The van der Waals surface area contributed by atoms with Crippen LogP contribution in [-0.2, 0) is 25.5 Å². The summed E-state index contributed by atoms with van der Waals surface area (Å²) in [7, 11) is 0. The number of aliphatic hydroxyl groups is 2. The Morgan fingerprint density at radius 2 is 1.30 bits per heavy atom. The molecule has 0 fully saturated rings. The van der Waals surface area contributed by atoms with Crippen molar-refractivity contribution in [2.45, 2.75) is 122 Å². The summed E-state index contributed by atoms with van der Waals surface area (Å²) in [4.78, 5) is 51.9. The Hall–Kier alpha value is -5.23. The van der Waals surface area contributed by atoms with E-state index in [1.165, 1.54) is 13.8 Å². The minimum Gasteiger partial charge on any atom is -0.478 e. The van der Waals surface area contributed by atoms with E-state index in [4.69, 9.17) is 21.1 Å². The highest BCUT2D eigenvalue weighted by molar-refractivity contribution is 6.30. The summed E-state index contributed by atoms with van der Waals surface area (Å²) < 4.78 is 11.3. The minimum atomic E-state index is -2.17. The number of rotatable bonds is 31. The van der Waals surface area contributed by atoms with Crippen molar-refractivity contribution in [3.05, 3.63) is 138 Å². The van der Waals surface area contributed by atoms with E-state index in [0.717, 1.165) is 44.1 Å². The van der Waals surface area contributed by atoms with Gasteiger partial charge < -0.3 is 35.6 Å². The van der Waals surface area contributed by atoms with Gasteiger partial charge in [0.15, 0.2) is 11.1 Å². The number of benzene rings is 2. The Bertz CT molecular complexity index is 1830. The molecule has 5 N–H and O–H groups in total. The molecule has 12 heteroatoms. The van der Waals surface area contributed by atoms with Gasteiger partial charge in [-0.2, -0.15) is 0 Å². The predicted octanol–water partition coefficient (Wildman–Crippen LogP) is 9.01. The predicted molar refractivity (Wildman–Crippen MR) is 254 cm³/mol. The van der Waals surface area contributed by atoms with Crippen LogP contribution in [0.15, 0.2) is 121 Å². The van der Waals surface area contributed by atoms with Gasteiger partial charge in [-0.25, -0.2) is 4.79 Å². The van der Waals surface area contributed by atoms with Crippen LogP contribution < -0.4 is 20.7 Å². The monoisotopic (exact) mass is 887 g/mol. The molecule has 0 bridgehead atoms. The van der Waals surface area contributed by atoms with Crippen LogP contribution in [0.4, 0.5) is 0 Å². The van der Waals surface area contributed by atoms with E-state index in [9.17, 15) is 29.4 Å². The summed E-state index contributed by atoms with van der Waals surface area (Å²) in [6.45, 7) is 6.65. The molecule has 2 aromatic rings. The Balaban J connectivity index is 1.78. The molecular formula is C51H70ClN3O8. The molecule has 0 aliphatic heterocycles. The van der Waals surface area contributed by atoms with Crippen molar-refractivity contribution < 1.29 is 38.9 Å². The lowest BCUT2D eigenvalue weighted by molar-refractivity contribution is -0.165. The van der Waals surface area contributed by atoms with Gasteiger partial charge in [0.25, 0.3) is 11.8 Å². The molecule has 0 heterocycles. The largest absolute Gasteiger partial charge is 0.478 e. The van der Waals surface area contributed by atoms with Crippen molar-refractivity contribution in [1.29, 1.82) is 0 Å². The summed E-state index contributed by atoms with van der Waals surface area (Å²) in [5.74, 6) is -1.74. The molecule has 11 nitrogen and oxygen atoms in total. The van der Waals surface area contributed by atoms with Crippen molar-refractivity contribution in [3.8, 4) is 5.75 Å². The van der Waals surface area contributed by atoms with Gasteiger partial charge in [0, 0.05) is 30.1 Å². The third kappa shape index (κ3) is 22.1. The molecule has 0 saturated heterocycles. The van der Waals surface area contributed by atoms with Gasteiger partial charge in [0.05, 0.1) is 19.3 Å². The van der Waals surface area contributed by atoms with E-state index in [2.05, 4.69) is 83.6 Å². The zero-order valence-electron chi connectivity index (χ0n) is 37.7. The van der Waals surface area contributed by atoms with Gasteiger partial charge in [0.2, 0.25) is 5.91 Å². The number of hydrogen-bond donors (Lipinski definition) is 5. The highest BCUT2D eigenvalue weighted by atomic mass is 35.5. The van der Waals surface area contributed by atoms with Gasteiger partial charge in [0.1, 0.15) is 5.75 Å². The number of amides is 3. The highest BCUT2D eigenvalue weighted by Crippen LogP contribution is 2.24. The van der Waals surface area contributed by atoms with Crippen LogP contribution in [0.25, 0.3) is 0 Å². The van der Waals surface area contributed by atoms with E-state index >= 15 is 0 Å². The zero-order valence-corrected chi connectivity index (χ0v) is 38.4.